The van der Waals surface area contributed by atoms with Crippen LogP contribution in [0.1, 0.15) is 43.0 Å². The van der Waals surface area contributed by atoms with Crippen molar-refractivity contribution in [2.45, 2.75) is 45.6 Å². The van der Waals surface area contributed by atoms with Crippen molar-refractivity contribution >= 4 is 40.1 Å². The summed E-state index contributed by atoms with van der Waals surface area (Å²) in [6.45, 7) is 5.74. The standard InChI is InChI=1S/C30H30N6O3/c1-29(2,3)28(39)36(16-19-6-4-8-24-22(19)15-32-35-24)17-25(37)33-21-10-9-18-13-30(14-20(18)12-21)23-7-5-11-31-26(23)34-27(30)38/h4-12,15H,13-14,16-17H2,1-3H3,(H,32,35)(H,33,37)(H,31,34,38). The summed E-state index contributed by atoms with van der Waals surface area (Å²) >= 11 is 0. The van der Waals surface area contributed by atoms with Crippen LogP contribution in [0.3, 0.4) is 0 Å². The van der Waals surface area contributed by atoms with E-state index in [1.807, 2.05) is 69.3 Å². The quantitative estimate of drug-likeness (QED) is 0.367. The number of nitrogens with one attached hydrogen (secondary N) is 3. The number of amides is 3. The van der Waals surface area contributed by atoms with Crippen LogP contribution in [0.15, 0.2) is 60.9 Å². The van der Waals surface area contributed by atoms with Gasteiger partial charge in [0.2, 0.25) is 17.7 Å². The number of aromatic amines is 1. The molecule has 9 heteroatoms. The molecule has 0 saturated heterocycles. The fourth-order valence-corrected chi connectivity index (χ4v) is 5.77. The summed E-state index contributed by atoms with van der Waals surface area (Å²) in [5.74, 6) is 0.182. The third-order valence-corrected chi connectivity index (χ3v) is 7.66. The Balaban J connectivity index is 1.20. The molecule has 0 saturated carbocycles. The second-order valence-corrected chi connectivity index (χ2v) is 11.5. The van der Waals surface area contributed by atoms with Crippen LogP contribution in [-0.2, 0) is 39.2 Å². The van der Waals surface area contributed by atoms with Crippen LogP contribution in [0, 0.1) is 5.41 Å². The molecular weight excluding hydrogens is 492 g/mol. The number of nitrogens with zero attached hydrogens (tertiary/aromatic N) is 3. The van der Waals surface area contributed by atoms with Crippen LogP contribution in [-0.4, -0.2) is 44.3 Å². The van der Waals surface area contributed by atoms with E-state index in [0.717, 1.165) is 33.2 Å². The first-order chi connectivity index (χ1) is 18.6. The molecule has 2 aromatic carbocycles. The first kappa shape index (κ1) is 24.8. The number of H-pyrrole nitrogens is 1. The average Bonchev–Trinajstić information content (AvgIpc) is 3.59. The number of rotatable bonds is 5. The Morgan fingerprint density at radius 1 is 1.08 bits per heavy atom. The Hall–Kier alpha value is -4.53. The van der Waals surface area contributed by atoms with E-state index in [9.17, 15) is 14.4 Å². The largest absolute Gasteiger partial charge is 0.329 e. The van der Waals surface area contributed by atoms with E-state index in [0.29, 0.717) is 24.3 Å². The summed E-state index contributed by atoms with van der Waals surface area (Å²) < 4.78 is 0. The molecule has 39 heavy (non-hydrogen) atoms. The minimum atomic E-state index is -0.668. The lowest BCUT2D eigenvalue weighted by Crippen LogP contribution is -2.43. The Bertz CT molecular complexity index is 1640. The third-order valence-electron chi connectivity index (χ3n) is 7.66. The van der Waals surface area contributed by atoms with Crippen molar-refractivity contribution in [2.24, 2.45) is 5.41 Å². The van der Waals surface area contributed by atoms with E-state index >= 15 is 0 Å². The molecule has 1 atom stereocenters. The summed E-state index contributed by atoms with van der Waals surface area (Å²) in [5, 5.41) is 13.9. The first-order valence-electron chi connectivity index (χ1n) is 13.0. The number of hydrogen-bond acceptors (Lipinski definition) is 5. The van der Waals surface area contributed by atoms with E-state index in [2.05, 4.69) is 25.8 Å². The van der Waals surface area contributed by atoms with Gasteiger partial charge in [0.05, 0.1) is 17.1 Å². The third kappa shape index (κ3) is 4.33. The Morgan fingerprint density at radius 2 is 1.90 bits per heavy atom. The summed E-state index contributed by atoms with van der Waals surface area (Å²) in [4.78, 5) is 45.5. The number of benzene rings is 2. The molecule has 0 radical (unpaired) electrons. The van der Waals surface area contributed by atoms with Crippen LogP contribution >= 0.6 is 0 Å². The van der Waals surface area contributed by atoms with Crippen molar-refractivity contribution in [3.05, 3.63) is 83.2 Å². The lowest BCUT2D eigenvalue weighted by molar-refractivity contribution is -0.142. The summed E-state index contributed by atoms with van der Waals surface area (Å²) in [6, 6.07) is 15.4. The van der Waals surface area contributed by atoms with Crippen LogP contribution in [0.4, 0.5) is 11.5 Å². The molecule has 6 rings (SSSR count). The number of hydrogen-bond donors (Lipinski definition) is 3. The molecule has 198 valence electrons. The monoisotopic (exact) mass is 522 g/mol. The molecule has 1 unspecified atom stereocenters. The number of carbonyl (C=O) groups is 3. The van der Waals surface area contributed by atoms with Gasteiger partial charge in [-0.1, -0.05) is 45.0 Å². The van der Waals surface area contributed by atoms with Gasteiger partial charge in [0.25, 0.3) is 0 Å². The molecule has 2 aromatic heterocycles. The predicted octanol–water partition coefficient (Wildman–Crippen LogP) is 3.96. The number of anilines is 2. The SMILES string of the molecule is CC(C)(C)C(=O)N(CC(=O)Nc1ccc2c(c1)CC1(C2)C(=O)Nc2ncccc21)Cc1cccc2[nH]ncc12. The molecule has 4 aromatic rings. The van der Waals surface area contributed by atoms with Gasteiger partial charge >= 0.3 is 0 Å². The molecule has 1 aliphatic heterocycles. The van der Waals surface area contributed by atoms with Gasteiger partial charge in [0.1, 0.15) is 12.4 Å². The fraction of sp³-hybridized carbons (Fsp3) is 0.300. The topological polar surface area (TPSA) is 120 Å². The van der Waals surface area contributed by atoms with E-state index < -0.39 is 10.8 Å². The summed E-state index contributed by atoms with van der Waals surface area (Å²) in [6.07, 6.45) is 4.55. The zero-order chi connectivity index (χ0) is 27.4. The molecule has 9 nitrogen and oxygen atoms in total. The van der Waals surface area contributed by atoms with Gasteiger partial charge in [0.15, 0.2) is 0 Å². The molecule has 1 aliphatic carbocycles. The van der Waals surface area contributed by atoms with Crippen LogP contribution in [0.2, 0.25) is 0 Å². The van der Waals surface area contributed by atoms with Crippen molar-refractivity contribution in [2.75, 3.05) is 17.2 Å². The van der Waals surface area contributed by atoms with Gasteiger partial charge in [-0.3, -0.25) is 19.5 Å². The number of aromatic nitrogens is 3. The van der Waals surface area contributed by atoms with Crippen LogP contribution in [0.5, 0.6) is 0 Å². The molecule has 3 heterocycles. The molecule has 2 aliphatic rings. The minimum Gasteiger partial charge on any atom is -0.329 e. The maximum atomic E-state index is 13.3. The van der Waals surface area contributed by atoms with Gasteiger partial charge in [-0.05, 0) is 53.8 Å². The van der Waals surface area contributed by atoms with Crippen molar-refractivity contribution in [1.82, 2.24) is 20.1 Å². The Kier molecular flexibility index (Phi) is 5.75. The zero-order valence-corrected chi connectivity index (χ0v) is 22.2. The van der Waals surface area contributed by atoms with Crippen LogP contribution < -0.4 is 10.6 Å². The smallest absolute Gasteiger partial charge is 0.244 e. The lowest BCUT2D eigenvalue weighted by atomic mass is 9.79. The van der Waals surface area contributed by atoms with Gasteiger partial charge in [-0.15, -0.1) is 0 Å². The second kappa shape index (κ2) is 9.04. The van der Waals surface area contributed by atoms with E-state index in [1.54, 1.807) is 17.3 Å². The molecular formula is C30H30N6O3. The number of fused-ring (bicyclic) bond motifs is 4. The summed E-state index contributed by atoms with van der Waals surface area (Å²) in [7, 11) is 0. The molecule has 3 amide bonds. The van der Waals surface area contributed by atoms with E-state index in [4.69, 9.17) is 0 Å². The summed E-state index contributed by atoms with van der Waals surface area (Å²) in [5.41, 5.74) is 4.13. The van der Waals surface area contributed by atoms with Crippen molar-refractivity contribution in [1.29, 1.82) is 0 Å². The molecule has 3 N–H and O–H groups in total. The van der Waals surface area contributed by atoms with Gasteiger partial charge < -0.3 is 15.5 Å². The highest BCUT2D eigenvalue weighted by Gasteiger charge is 2.51. The minimum absolute atomic E-state index is 0.0398. The number of carbonyl (C=O) groups excluding carboxylic acids is 3. The van der Waals surface area contributed by atoms with Gasteiger partial charge in [0, 0.05) is 34.8 Å². The maximum absolute atomic E-state index is 13.3. The molecule has 0 bridgehead atoms. The number of pyridine rings is 1. The highest BCUT2D eigenvalue weighted by Crippen LogP contribution is 2.46. The average molecular weight is 523 g/mol. The van der Waals surface area contributed by atoms with E-state index in [-0.39, 0.29) is 30.8 Å². The molecule has 1 spiro atoms. The zero-order valence-electron chi connectivity index (χ0n) is 22.2. The van der Waals surface area contributed by atoms with E-state index in [1.165, 1.54) is 0 Å². The Labute approximate surface area is 226 Å². The highest BCUT2D eigenvalue weighted by atomic mass is 16.2. The lowest BCUT2D eigenvalue weighted by Gasteiger charge is -2.29. The van der Waals surface area contributed by atoms with Crippen LogP contribution in [0.25, 0.3) is 10.9 Å². The normalized spacial score (nSPS) is 17.7. The van der Waals surface area contributed by atoms with Crippen molar-refractivity contribution < 1.29 is 14.4 Å². The van der Waals surface area contributed by atoms with Gasteiger partial charge in [-0.2, -0.15) is 5.10 Å². The van der Waals surface area contributed by atoms with Gasteiger partial charge in [-0.25, -0.2) is 4.98 Å². The van der Waals surface area contributed by atoms with Crippen molar-refractivity contribution in [3.63, 3.8) is 0 Å². The second-order valence-electron chi connectivity index (χ2n) is 11.5. The first-order valence-corrected chi connectivity index (χ1v) is 13.0. The fourth-order valence-electron chi connectivity index (χ4n) is 5.77. The Morgan fingerprint density at radius 3 is 2.72 bits per heavy atom. The maximum Gasteiger partial charge on any atom is 0.244 e. The molecule has 0 fully saturated rings. The van der Waals surface area contributed by atoms with Crippen molar-refractivity contribution in [3.8, 4) is 0 Å². The predicted molar refractivity (Wildman–Crippen MR) is 148 cm³/mol. The highest BCUT2D eigenvalue weighted by molar-refractivity contribution is 6.06.